The van der Waals surface area contributed by atoms with Gasteiger partial charge in [-0.2, -0.15) is 0 Å². The fourth-order valence-electron chi connectivity index (χ4n) is 4.69. The fraction of sp³-hybridized carbons (Fsp3) is 0.452. The van der Waals surface area contributed by atoms with Crippen LogP contribution in [-0.2, 0) is 19.3 Å². The molecule has 0 saturated carbocycles. The second-order valence-electron chi connectivity index (χ2n) is 10.6. The number of rotatable bonds is 12. The summed E-state index contributed by atoms with van der Waals surface area (Å²) in [5.41, 5.74) is 7.98. The maximum absolute atomic E-state index is 14.8. The highest BCUT2D eigenvalue weighted by Crippen LogP contribution is 2.41. The Balaban J connectivity index is 2.21. The van der Waals surface area contributed by atoms with Crippen molar-refractivity contribution in [2.75, 3.05) is 5.32 Å². The molecule has 3 rings (SSSR count). The van der Waals surface area contributed by atoms with Crippen LogP contribution in [0.4, 0.5) is 20.2 Å². The standard InChI is InChI=1S/C31H41F2N3/c1-8-21(6)12-13-23-18-34-15-14-24(23)30-31(29(20(4)5)28(36-30)16-19(2)3)35-27-11-9-10-26(33)25(27)17-22(7)32/h9-11,14-15,18-19,21-22,35-36H,4,8,12-13,16-17H2,1-3,5-7H3. The SMILES string of the molecule is C=C(C)c1c(CC(C)C)[nH]c(-c2ccncc2CCC(C)CC)c1Nc1cccc(F)c1CC(C)F. The Morgan fingerprint density at radius 1 is 1.14 bits per heavy atom. The van der Waals surface area contributed by atoms with Gasteiger partial charge in [0.15, 0.2) is 0 Å². The number of H-pyrrole nitrogens is 1. The van der Waals surface area contributed by atoms with E-state index in [9.17, 15) is 8.78 Å². The van der Waals surface area contributed by atoms with E-state index in [4.69, 9.17) is 0 Å². The van der Waals surface area contributed by atoms with Crippen molar-refractivity contribution in [2.45, 2.75) is 79.8 Å². The average molecular weight is 494 g/mol. The Labute approximate surface area is 215 Å². The van der Waals surface area contributed by atoms with Crippen LogP contribution in [0.3, 0.4) is 0 Å². The van der Waals surface area contributed by atoms with Crippen LogP contribution in [0.2, 0.25) is 0 Å². The Morgan fingerprint density at radius 2 is 1.89 bits per heavy atom. The van der Waals surface area contributed by atoms with Crippen molar-refractivity contribution in [2.24, 2.45) is 11.8 Å². The zero-order valence-electron chi connectivity index (χ0n) is 22.6. The molecule has 194 valence electrons. The van der Waals surface area contributed by atoms with Crippen LogP contribution < -0.4 is 5.32 Å². The Bertz CT molecular complexity index is 1180. The van der Waals surface area contributed by atoms with Gasteiger partial charge in [-0.25, -0.2) is 8.78 Å². The van der Waals surface area contributed by atoms with E-state index in [-0.39, 0.29) is 6.42 Å². The van der Waals surface area contributed by atoms with E-state index in [0.29, 0.717) is 23.1 Å². The number of aryl methyl sites for hydroxylation is 1. The van der Waals surface area contributed by atoms with Gasteiger partial charge in [0.25, 0.3) is 0 Å². The molecule has 2 atom stereocenters. The number of halogens is 2. The molecule has 0 aliphatic carbocycles. The van der Waals surface area contributed by atoms with Crippen LogP contribution in [0, 0.1) is 17.7 Å². The lowest BCUT2D eigenvalue weighted by Gasteiger charge is -2.17. The molecular formula is C31H41F2N3. The van der Waals surface area contributed by atoms with Crippen LogP contribution in [-0.4, -0.2) is 16.1 Å². The molecule has 3 aromatic rings. The molecule has 0 spiro atoms. The third kappa shape index (κ3) is 6.63. The largest absolute Gasteiger partial charge is 0.356 e. The van der Waals surface area contributed by atoms with E-state index in [1.165, 1.54) is 18.6 Å². The number of pyridine rings is 1. The molecule has 2 unspecified atom stereocenters. The van der Waals surface area contributed by atoms with Crippen molar-refractivity contribution in [3.63, 3.8) is 0 Å². The topological polar surface area (TPSA) is 40.7 Å². The predicted molar refractivity (Wildman–Crippen MR) is 149 cm³/mol. The maximum Gasteiger partial charge on any atom is 0.128 e. The van der Waals surface area contributed by atoms with Gasteiger partial charge in [0.05, 0.1) is 11.4 Å². The van der Waals surface area contributed by atoms with Gasteiger partial charge >= 0.3 is 0 Å². The number of aromatic nitrogens is 2. The number of benzene rings is 1. The molecule has 0 amide bonds. The highest BCUT2D eigenvalue weighted by Gasteiger charge is 2.23. The van der Waals surface area contributed by atoms with Crippen LogP contribution in [0.25, 0.3) is 16.8 Å². The number of aromatic amines is 1. The van der Waals surface area contributed by atoms with Crippen LogP contribution >= 0.6 is 0 Å². The average Bonchev–Trinajstić information content (AvgIpc) is 3.16. The van der Waals surface area contributed by atoms with Gasteiger partial charge in [0.2, 0.25) is 0 Å². The van der Waals surface area contributed by atoms with Crippen molar-refractivity contribution >= 4 is 16.9 Å². The molecule has 0 saturated heterocycles. The zero-order valence-corrected chi connectivity index (χ0v) is 22.6. The molecule has 0 fully saturated rings. The summed E-state index contributed by atoms with van der Waals surface area (Å²) in [6.45, 7) is 16.6. The minimum absolute atomic E-state index is 0.00539. The van der Waals surface area contributed by atoms with Crippen LogP contribution in [0.5, 0.6) is 0 Å². The van der Waals surface area contributed by atoms with Gasteiger partial charge in [-0.05, 0) is 74.3 Å². The Hall–Kier alpha value is -2.95. The smallest absolute Gasteiger partial charge is 0.128 e. The molecular weight excluding hydrogens is 452 g/mol. The molecule has 2 heterocycles. The minimum atomic E-state index is -1.15. The number of alkyl halides is 1. The summed E-state index contributed by atoms with van der Waals surface area (Å²) in [6, 6.07) is 6.91. The first-order valence-electron chi connectivity index (χ1n) is 13.1. The monoisotopic (exact) mass is 493 g/mol. The number of nitrogens with one attached hydrogen (secondary N) is 2. The van der Waals surface area contributed by atoms with Gasteiger partial charge in [0, 0.05) is 46.9 Å². The minimum Gasteiger partial charge on any atom is -0.356 e. The second-order valence-corrected chi connectivity index (χ2v) is 10.6. The van der Waals surface area contributed by atoms with E-state index in [1.807, 2.05) is 31.5 Å². The first-order valence-corrected chi connectivity index (χ1v) is 13.1. The highest BCUT2D eigenvalue weighted by atomic mass is 19.1. The lowest BCUT2D eigenvalue weighted by molar-refractivity contribution is 0.356. The van der Waals surface area contributed by atoms with E-state index in [0.717, 1.165) is 59.5 Å². The molecule has 2 aromatic heterocycles. The lowest BCUT2D eigenvalue weighted by atomic mass is 9.95. The number of hydrogen-bond donors (Lipinski definition) is 2. The molecule has 0 aliphatic heterocycles. The van der Waals surface area contributed by atoms with Crippen LogP contribution in [0.1, 0.15) is 76.8 Å². The van der Waals surface area contributed by atoms with Crippen molar-refractivity contribution in [3.05, 3.63) is 71.4 Å². The van der Waals surface area contributed by atoms with E-state index in [2.05, 4.69) is 49.6 Å². The van der Waals surface area contributed by atoms with E-state index < -0.39 is 12.0 Å². The lowest BCUT2D eigenvalue weighted by Crippen LogP contribution is -2.06. The number of nitrogens with zero attached hydrogens (tertiary/aromatic N) is 1. The third-order valence-electron chi connectivity index (χ3n) is 6.76. The van der Waals surface area contributed by atoms with Crippen molar-refractivity contribution < 1.29 is 8.78 Å². The molecule has 1 aromatic carbocycles. The normalized spacial score (nSPS) is 13.1. The number of hydrogen-bond acceptors (Lipinski definition) is 2. The summed E-state index contributed by atoms with van der Waals surface area (Å²) < 4.78 is 28.8. The summed E-state index contributed by atoms with van der Waals surface area (Å²) in [7, 11) is 0. The van der Waals surface area contributed by atoms with Gasteiger partial charge < -0.3 is 10.3 Å². The summed E-state index contributed by atoms with van der Waals surface area (Å²) in [5, 5.41) is 3.51. The Kier molecular flexibility index (Phi) is 9.47. The quantitative estimate of drug-likeness (QED) is 0.264. The first-order chi connectivity index (χ1) is 17.1. The summed E-state index contributed by atoms with van der Waals surface area (Å²) in [4.78, 5) is 8.11. The van der Waals surface area contributed by atoms with Crippen molar-refractivity contribution in [3.8, 4) is 11.3 Å². The van der Waals surface area contributed by atoms with Crippen LogP contribution in [0.15, 0.2) is 43.2 Å². The van der Waals surface area contributed by atoms with E-state index >= 15 is 0 Å². The number of allylic oxidation sites excluding steroid dienone is 1. The summed E-state index contributed by atoms with van der Waals surface area (Å²) in [5.74, 6) is 0.653. The number of anilines is 2. The zero-order chi connectivity index (χ0) is 26.4. The third-order valence-corrected chi connectivity index (χ3v) is 6.76. The van der Waals surface area contributed by atoms with Gasteiger partial charge in [-0.3, -0.25) is 4.98 Å². The first kappa shape index (κ1) is 27.6. The second kappa shape index (κ2) is 12.3. The molecule has 0 bridgehead atoms. The predicted octanol–water partition coefficient (Wildman–Crippen LogP) is 9.07. The van der Waals surface area contributed by atoms with E-state index in [1.54, 1.807) is 6.07 Å². The van der Waals surface area contributed by atoms with Gasteiger partial charge in [0.1, 0.15) is 12.0 Å². The van der Waals surface area contributed by atoms with Crippen molar-refractivity contribution in [1.29, 1.82) is 0 Å². The maximum atomic E-state index is 14.8. The van der Waals surface area contributed by atoms with Gasteiger partial charge in [-0.15, -0.1) is 0 Å². The molecule has 5 heteroatoms. The molecule has 0 aliphatic rings. The molecule has 36 heavy (non-hydrogen) atoms. The highest BCUT2D eigenvalue weighted by molar-refractivity contribution is 5.91. The van der Waals surface area contributed by atoms with Crippen molar-refractivity contribution in [1.82, 2.24) is 9.97 Å². The Morgan fingerprint density at radius 3 is 2.53 bits per heavy atom. The summed E-state index contributed by atoms with van der Waals surface area (Å²) in [6.07, 6.45) is 6.59. The molecule has 0 radical (unpaired) electrons. The molecule has 3 nitrogen and oxygen atoms in total. The molecule has 2 N–H and O–H groups in total. The summed E-state index contributed by atoms with van der Waals surface area (Å²) >= 11 is 0. The fourth-order valence-corrected chi connectivity index (χ4v) is 4.69. The van der Waals surface area contributed by atoms with Gasteiger partial charge in [-0.1, -0.05) is 46.8 Å².